The average molecular weight is 510 g/mol. The first-order valence-corrected chi connectivity index (χ1v) is 12.8. The van der Waals surface area contributed by atoms with Gasteiger partial charge in [0.2, 0.25) is 12.8 Å². The van der Waals surface area contributed by atoms with Crippen molar-refractivity contribution in [2.45, 2.75) is 25.7 Å². The maximum Gasteiger partial charge on any atom is 0.334 e. The molecule has 0 fully saturated rings. The van der Waals surface area contributed by atoms with Gasteiger partial charge in [0.1, 0.15) is 0 Å². The molecule has 0 rings (SSSR count). The van der Waals surface area contributed by atoms with Gasteiger partial charge in [-0.15, -0.1) is 0 Å². The second-order valence-corrected chi connectivity index (χ2v) is 9.02. The fourth-order valence-corrected chi connectivity index (χ4v) is 3.72. The molecule has 0 atom stereocenters. The molecule has 0 aromatic rings. The Hall–Kier alpha value is -1.60. The number of carbonyl (C=O) groups excluding carboxylic acids is 5. The SMILES string of the molecule is CN(CCCSCCCN(C(=O)N(C)CCCS)C(=O)N(C=O)CCCS)C(=O)NC=O. The zero-order valence-corrected chi connectivity index (χ0v) is 21.4. The van der Waals surface area contributed by atoms with Gasteiger partial charge in [-0.05, 0) is 48.7 Å². The van der Waals surface area contributed by atoms with E-state index in [-0.39, 0.29) is 13.1 Å². The topological polar surface area (TPSA) is 110 Å². The fourth-order valence-electron chi connectivity index (χ4n) is 2.56. The highest BCUT2D eigenvalue weighted by Crippen LogP contribution is 2.10. The van der Waals surface area contributed by atoms with E-state index in [0.29, 0.717) is 62.4 Å². The molecule has 13 heteroatoms. The molecular formula is C19H35N5O5S3. The van der Waals surface area contributed by atoms with Crippen LogP contribution in [0.4, 0.5) is 14.4 Å². The van der Waals surface area contributed by atoms with Crippen LogP contribution in [0.25, 0.3) is 0 Å². The monoisotopic (exact) mass is 509 g/mol. The van der Waals surface area contributed by atoms with E-state index in [1.54, 1.807) is 25.9 Å². The van der Waals surface area contributed by atoms with E-state index in [4.69, 9.17) is 0 Å². The summed E-state index contributed by atoms with van der Waals surface area (Å²) in [6, 6.07) is -1.52. The van der Waals surface area contributed by atoms with Crippen molar-refractivity contribution < 1.29 is 24.0 Å². The van der Waals surface area contributed by atoms with Crippen molar-refractivity contribution in [3.8, 4) is 0 Å². The summed E-state index contributed by atoms with van der Waals surface area (Å²) in [5.41, 5.74) is 0. The average Bonchev–Trinajstić information content (AvgIpc) is 2.79. The second-order valence-electron chi connectivity index (χ2n) is 6.90. The first kappa shape index (κ1) is 30.4. The number of carbonyl (C=O) groups is 5. The van der Waals surface area contributed by atoms with Crippen LogP contribution in [0.2, 0.25) is 0 Å². The Kier molecular flexibility index (Phi) is 18.0. The van der Waals surface area contributed by atoms with E-state index in [1.807, 2.05) is 0 Å². The highest BCUT2D eigenvalue weighted by molar-refractivity contribution is 7.99. The maximum atomic E-state index is 12.8. The van der Waals surface area contributed by atoms with Gasteiger partial charge in [-0.3, -0.25) is 19.8 Å². The number of nitrogens with one attached hydrogen (secondary N) is 1. The minimum absolute atomic E-state index is 0.197. The molecule has 0 radical (unpaired) electrons. The molecule has 1 N–H and O–H groups in total. The standard InChI is InChI=1S/C19H35N5O5S3/c1-21(17(27)20-15-25)8-5-13-32-14-6-10-24(18(28)22(2)7-3-11-30)19(29)23(16-26)9-4-12-31/h15-16,30-31H,3-14H2,1-2H3,(H,20,25,27). The molecule has 0 aliphatic rings. The zero-order valence-electron chi connectivity index (χ0n) is 18.8. The molecule has 0 unspecified atom stereocenters. The minimum Gasteiger partial charge on any atom is -0.328 e. The van der Waals surface area contributed by atoms with Gasteiger partial charge in [-0.1, -0.05) is 0 Å². The van der Waals surface area contributed by atoms with Crippen molar-refractivity contribution in [1.82, 2.24) is 24.9 Å². The molecule has 8 amide bonds. The Morgan fingerprint density at radius 3 is 1.94 bits per heavy atom. The van der Waals surface area contributed by atoms with Crippen molar-refractivity contribution >= 4 is 67.9 Å². The van der Waals surface area contributed by atoms with Crippen molar-refractivity contribution in [3.05, 3.63) is 0 Å². The van der Waals surface area contributed by atoms with Gasteiger partial charge in [-0.2, -0.15) is 37.0 Å². The van der Waals surface area contributed by atoms with Gasteiger partial charge in [-0.25, -0.2) is 19.3 Å². The number of hydrogen-bond acceptors (Lipinski definition) is 8. The van der Waals surface area contributed by atoms with E-state index in [2.05, 4.69) is 30.6 Å². The number of rotatable bonds is 16. The predicted octanol–water partition coefficient (Wildman–Crippen LogP) is 1.87. The first-order valence-electron chi connectivity index (χ1n) is 10.4. The summed E-state index contributed by atoms with van der Waals surface area (Å²) in [5, 5.41) is 2.08. The normalized spacial score (nSPS) is 10.2. The molecule has 0 aromatic carbocycles. The fraction of sp³-hybridized carbons (Fsp3) is 0.737. The number of nitrogens with zero attached hydrogens (tertiary/aromatic N) is 4. The highest BCUT2D eigenvalue weighted by atomic mass is 32.2. The smallest absolute Gasteiger partial charge is 0.328 e. The molecule has 0 heterocycles. The third-order valence-electron chi connectivity index (χ3n) is 4.35. The molecular weight excluding hydrogens is 474 g/mol. The lowest BCUT2D eigenvalue weighted by molar-refractivity contribution is -0.116. The Morgan fingerprint density at radius 2 is 1.38 bits per heavy atom. The molecule has 0 saturated carbocycles. The molecule has 0 aliphatic carbocycles. The summed E-state index contributed by atoms with van der Waals surface area (Å²) in [4.78, 5) is 63.7. The Bertz CT molecular complexity index is 600. The Morgan fingerprint density at radius 1 is 0.812 bits per heavy atom. The van der Waals surface area contributed by atoms with E-state index in [1.165, 1.54) is 9.80 Å². The third kappa shape index (κ3) is 12.4. The zero-order chi connectivity index (χ0) is 24.4. The third-order valence-corrected chi connectivity index (χ3v) is 6.14. The van der Waals surface area contributed by atoms with Crippen LogP contribution in [0.15, 0.2) is 0 Å². The lowest BCUT2D eigenvalue weighted by Gasteiger charge is -2.29. The van der Waals surface area contributed by atoms with Gasteiger partial charge >= 0.3 is 18.1 Å². The summed E-state index contributed by atoms with van der Waals surface area (Å²) in [7, 11) is 3.23. The number of thioether (sulfide) groups is 1. The summed E-state index contributed by atoms with van der Waals surface area (Å²) >= 11 is 9.90. The van der Waals surface area contributed by atoms with Crippen molar-refractivity contribution in [2.24, 2.45) is 0 Å². The number of imide groups is 3. The van der Waals surface area contributed by atoms with E-state index < -0.39 is 18.1 Å². The van der Waals surface area contributed by atoms with Crippen LogP contribution in [0, 0.1) is 0 Å². The number of thiol groups is 2. The van der Waals surface area contributed by atoms with Gasteiger partial charge in [0.05, 0.1) is 0 Å². The summed E-state index contributed by atoms with van der Waals surface area (Å²) in [5.74, 6) is 2.64. The van der Waals surface area contributed by atoms with Crippen molar-refractivity contribution in [1.29, 1.82) is 0 Å². The lowest BCUT2D eigenvalue weighted by atomic mass is 10.4. The Balaban J connectivity index is 4.68. The van der Waals surface area contributed by atoms with Crippen LogP contribution in [-0.4, -0.2) is 114 Å². The molecule has 0 aromatic heterocycles. The molecule has 0 aliphatic heterocycles. The molecule has 32 heavy (non-hydrogen) atoms. The number of hydrogen-bond donors (Lipinski definition) is 3. The van der Waals surface area contributed by atoms with Crippen molar-refractivity contribution in [2.75, 3.05) is 63.3 Å². The Labute approximate surface area is 205 Å². The quantitative estimate of drug-likeness (QED) is 0.166. The van der Waals surface area contributed by atoms with E-state index >= 15 is 0 Å². The van der Waals surface area contributed by atoms with Crippen LogP contribution in [0.1, 0.15) is 25.7 Å². The van der Waals surface area contributed by atoms with Crippen LogP contribution >= 0.6 is 37.0 Å². The first-order chi connectivity index (χ1) is 15.3. The van der Waals surface area contributed by atoms with E-state index in [0.717, 1.165) is 22.0 Å². The highest BCUT2D eigenvalue weighted by Gasteiger charge is 2.28. The number of amides is 8. The lowest BCUT2D eigenvalue weighted by Crippen LogP contribution is -2.51. The van der Waals surface area contributed by atoms with Gasteiger partial charge in [0, 0.05) is 40.3 Å². The van der Waals surface area contributed by atoms with E-state index in [9.17, 15) is 24.0 Å². The molecule has 0 bridgehead atoms. The van der Waals surface area contributed by atoms with Crippen LogP contribution in [0.5, 0.6) is 0 Å². The van der Waals surface area contributed by atoms with Crippen molar-refractivity contribution in [3.63, 3.8) is 0 Å². The molecule has 0 spiro atoms. The van der Waals surface area contributed by atoms with Gasteiger partial charge in [0.25, 0.3) is 0 Å². The minimum atomic E-state index is -0.627. The van der Waals surface area contributed by atoms with Crippen LogP contribution < -0.4 is 5.32 Å². The molecule has 10 nitrogen and oxygen atoms in total. The number of urea groups is 3. The summed E-state index contributed by atoms with van der Waals surface area (Å²) in [6.45, 7) is 1.37. The van der Waals surface area contributed by atoms with Crippen LogP contribution in [0.3, 0.4) is 0 Å². The van der Waals surface area contributed by atoms with Gasteiger partial charge < -0.3 is 9.80 Å². The summed E-state index contributed by atoms with van der Waals surface area (Å²) < 4.78 is 0. The van der Waals surface area contributed by atoms with Crippen LogP contribution in [-0.2, 0) is 9.59 Å². The molecule has 184 valence electrons. The predicted molar refractivity (Wildman–Crippen MR) is 134 cm³/mol. The van der Waals surface area contributed by atoms with Gasteiger partial charge in [0.15, 0.2) is 0 Å². The maximum absolute atomic E-state index is 12.8. The molecule has 0 saturated heterocycles. The second kappa shape index (κ2) is 18.9. The summed E-state index contributed by atoms with van der Waals surface area (Å²) in [6.07, 6.45) is 3.35. The largest absolute Gasteiger partial charge is 0.334 e.